The molecule has 4 aromatic rings. The number of likely N-dealkylation sites (tertiary alicyclic amines) is 1. The SMILES string of the molecule is C=C(CN1CCC1)C(=O)NCc1nn(-c2ccccc2)c2c1[C@@H](c1ccc(F)cc1)[C@H](NC(=O)c1cccc(C(F)(F)F)c1)C(=O)N2CC. The Labute approximate surface area is 280 Å². The number of carbonyl (C=O) groups is 3. The average molecular weight is 675 g/mol. The van der Waals surface area contributed by atoms with E-state index in [0.717, 1.165) is 37.7 Å². The van der Waals surface area contributed by atoms with Crippen LogP contribution in [-0.4, -0.2) is 64.6 Å². The number of amides is 3. The Balaban J connectivity index is 1.46. The van der Waals surface area contributed by atoms with Crippen LogP contribution in [0.25, 0.3) is 5.69 Å². The van der Waals surface area contributed by atoms with Crippen LogP contribution in [0.15, 0.2) is 91.0 Å². The van der Waals surface area contributed by atoms with Crippen molar-refractivity contribution in [1.82, 2.24) is 25.3 Å². The number of para-hydroxylation sites is 1. The zero-order valence-electron chi connectivity index (χ0n) is 26.6. The molecular formula is C36H34F4N6O3. The zero-order chi connectivity index (χ0) is 34.9. The van der Waals surface area contributed by atoms with Crippen molar-refractivity contribution in [3.8, 4) is 5.69 Å². The van der Waals surface area contributed by atoms with Crippen molar-refractivity contribution in [2.75, 3.05) is 31.1 Å². The van der Waals surface area contributed by atoms with Gasteiger partial charge < -0.3 is 10.6 Å². The summed E-state index contributed by atoms with van der Waals surface area (Å²) in [5.74, 6) is -2.92. The fourth-order valence-electron chi connectivity index (χ4n) is 6.22. The molecule has 0 radical (unpaired) electrons. The molecule has 6 rings (SSSR count). The van der Waals surface area contributed by atoms with Crippen molar-refractivity contribution in [2.45, 2.75) is 38.0 Å². The summed E-state index contributed by atoms with van der Waals surface area (Å²) in [6.45, 7) is 7.95. The normalized spacial score (nSPS) is 17.7. The molecule has 3 heterocycles. The first-order chi connectivity index (χ1) is 23.5. The zero-order valence-corrected chi connectivity index (χ0v) is 26.6. The van der Waals surface area contributed by atoms with E-state index < -0.39 is 41.3 Å². The summed E-state index contributed by atoms with van der Waals surface area (Å²) in [5.41, 5.74) is 1.01. The predicted molar refractivity (Wildman–Crippen MR) is 175 cm³/mol. The smallest absolute Gasteiger partial charge is 0.347 e. The number of rotatable bonds is 10. The number of carbonyl (C=O) groups excluding carboxylic acids is 3. The maximum absolute atomic E-state index is 14.4. The van der Waals surface area contributed by atoms with Gasteiger partial charge in [0.25, 0.3) is 11.8 Å². The van der Waals surface area contributed by atoms with Crippen molar-refractivity contribution in [3.05, 3.63) is 125 Å². The first-order valence-corrected chi connectivity index (χ1v) is 15.9. The van der Waals surface area contributed by atoms with Gasteiger partial charge in [-0.05, 0) is 74.5 Å². The standard InChI is InChI=1S/C36H34F4N6O3/c1-3-45-34-30(28(43-46(34)27-11-5-4-6-12-27)20-41-32(47)22(2)21-44-17-8-18-44)29(23-13-15-26(37)16-14-23)31(35(45)49)42-33(48)24-9-7-10-25(19-24)36(38,39)40/h4-7,9-16,19,29,31H,2-3,8,17-18,20-21H2,1H3,(H,41,47)(H,42,48)/t29-,31+/m1/s1. The van der Waals surface area contributed by atoms with E-state index in [0.29, 0.717) is 40.4 Å². The molecule has 13 heteroatoms. The maximum atomic E-state index is 14.4. The van der Waals surface area contributed by atoms with Gasteiger partial charge in [-0.3, -0.25) is 24.2 Å². The molecule has 2 aliphatic heterocycles. The molecule has 1 saturated heterocycles. The van der Waals surface area contributed by atoms with E-state index in [2.05, 4.69) is 22.1 Å². The van der Waals surface area contributed by atoms with Gasteiger partial charge in [-0.25, -0.2) is 9.07 Å². The highest BCUT2D eigenvalue weighted by molar-refractivity contribution is 6.05. The second-order valence-electron chi connectivity index (χ2n) is 12.0. The number of nitrogens with zero attached hydrogens (tertiary/aromatic N) is 4. The second kappa shape index (κ2) is 13.7. The average Bonchev–Trinajstić information content (AvgIpc) is 3.44. The molecule has 2 aliphatic rings. The molecule has 0 aliphatic carbocycles. The summed E-state index contributed by atoms with van der Waals surface area (Å²) in [7, 11) is 0. The lowest BCUT2D eigenvalue weighted by Gasteiger charge is -2.38. The van der Waals surface area contributed by atoms with E-state index in [-0.39, 0.29) is 24.6 Å². The summed E-state index contributed by atoms with van der Waals surface area (Å²) in [6.07, 6.45) is -3.63. The molecule has 0 bridgehead atoms. The fourth-order valence-corrected chi connectivity index (χ4v) is 6.22. The van der Waals surface area contributed by atoms with Gasteiger partial charge in [0, 0.05) is 35.7 Å². The minimum Gasteiger partial charge on any atom is -0.347 e. The molecule has 2 atom stereocenters. The Morgan fingerprint density at radius 3 is 2.35 bits per heavy atom. The van der Waals surface area contributed by atoms with E-state index in [1.807, 2.05) is 6.07 Å². The largest absolute Gasteiger partial charge is 0.416 e. The molecule has 2 N–H and O–H groups in total. The third-order valence-electron chi connectivity index (χ3n) is 8.79. The number of halogens is 4. The highest BCUT2D eigenvalue weighted by Crippen LogP contribution is 2.44. The third-order valence-corrected chi connectivity index (χ3v) is 8.79. The van der Waals surface area contributed by atoms with Crippen LogP contribution in [0.3, 0.4) is 0 Å². The van der Waals surface area contributed by atoms with E-state index in [4.69, 9.17) is 5.10 Å². The van der Waals surface area contributed by atoms with E-state index in [1.54, 1.807) is 35.9 Å². The van der Waals surface area contributed by atoms with Gasteiger partial charge in [0.15, 0.2) is 0 Å². The Morgan fingerprint density at radius 1 is 1.00 bits per heavy atom. The number of nitrogens with one attached hydrogen (secondary N) is 2. The van der Waals surface area contributed by atoms with Gasteiger partial charge in [0.1, 0.15) is 17.7 Å². The number of hydrogen-bond acceptors (Lipinski definition) is 5. The summed E-state index contributed by atoms with van der Waals surface area (Å²) in [6, 6.07) is 17.1. The molecule has 0 unspecified atom stereocenters. The number of likely N-dealkylation sites (N-methyl/N-ethyl adjacent to an activating group) is 1. The lowest BCUT2D eigenvalue weighted by atomic mass is 9.80. The summed E-state index contributed by atoms with van der Waals surface area (Å²) in [5, 5.41) is 10.5. The molecule has 3 amide bonds. The molecule has 49 heavy (non-hydrogen) atoms. The molecule has 0 saturated carbocycles. The predicted octanol–water partition coefficient (Wildman–Crippen LogP) is 5.21. The third kappa shape index (κ3) is 6.84. The molecule has 254 valence electrons. The van der Waals surface area contributed by atoms with Gasteiger partial charge in [0.05, 0.1) is 23.5 Å². The number of benzene rings is 3. The number of hydrogen-bond donors (Lipinski definition) is 2. The first kappa shape index (κ1) is 33.6. The maximum Gasteiger partial charge on any atom is 0.416 e. The second-order valence-corrected chi connectivity index (χ2v) is 12.0. The first-order valence-electron chi connectivity index (χ1n) is 15.9. The van der Waals surface area contributed by atoms with Crippen LogP contribution in [0.5, 0.6) is 0 Å². The van der Waals surface area contributed by atoms with Crippen LogP contribution >= 0.6 is 0 Å². The number of aromatic nitrogens is 2. The monoisotopic (exact) mass is 674 g/mol. The number of fused-ring (bicyclic) bond motifs is 1. The Morgan fingerprint density at radius 2 is 1.71 bits per heavy atom. The van der Waals surface area contributed by atoms with E-state index in [9.17, 15) is 31.9 Å². The van der Waals surface area contributed by atoms with Crippen molar-refractivity contribution in [1.29, 1.82) is 0 Å². The van der Waals surface area contributed by atoms with Crippen LogP contribution in [-0.2, 0) is 22.3 Å². The van der Waals surface area contributed by atoms with Gasteiger partial charge in [0.2, 0.25) is 5.91 Å². The Kier molecular flexibility index (Phi) is 9.37. The fraction of sp³-hybridized carbons (Fsp3) is 0.278. The minimum absolute atomic E-state index is 0.0717. The molecule has 9 nitrogen and oxygen atoms in total. The van der Waals surface area contributed by atoms with Crippen molar-refractivity contribution in [3.63, 3.8) is 0 Å². The lowest BCUT2D eigenvalue weighted by Crippen LogP contribution is -2.55. The topological polar surface area (TPSA) is 99.6 Å². The van der Waals surface area contributed by atoms with E-state index in [1.165, 1.54) is 35.2 Å². The van der Waals surface area contributed by atoms with Gasteiger partial charge >= 0.3 is 6.18 Å². The van der Waals surface area contributed by atoms with Gasteiger partial charge in [-0.15, -0.1) is 0 Å². The number of alkyl halides is 3. The minimum atomic E-state index is -4.69. The van der Waals surface area contributed by atoms with Crippen LogP contribution < -0.4 is 15.5 Å². The molecule has 0 spiro atoms. The quantitative estimate of drug-likeness (QED) is 0.178. The van der Waals surface area contributed by atoms with Crippen LogP contribution in [0, 0.1) is 5.82 Å². The van der Waals surface area contributed by atoms with Crippen molar-refractivity contribution in [2.24, 2.45) is 0 Å². The molecule has 1 aromatic heterocycles. The lowest BCUT2D eigenvalue weighted by molar-refractivity contribution is -0.137. The van der Waals surface area contributed by atoms with Crippen LogP contribution in [0.1, 0.15) is 52.0 Å². The van der Waals surface area contributed by atoms with Crippen molar-refractivity contribution < 1.29 is 31.9 Å². The van der Waals surface area contributed by atoms with Gasteiger partial charge in [-0.2, -0.15) is 18.3 Å². The highest BCUT2D eigenvalue weighted by atomic mass is 19.4. The van der Waals surface area contributed by atoms with E-state index >= 15 is 0 Å². The molecule has 1 fully saturated rings. The summed E-state index contributed by atoms with van der Waals surface area (Å²) >= 11 is 0. The van der Waals surface area contributed by atoms with Crippen LogP contribution in [0.2, 0.25) is 0 Å². The Hall–Kier alpha value is -5.30. The summed E-state index contributed by atoms with van der Waals surface area (Å²) in [4.78, 5) is 44.7. The van der Waals surface area contributed by atoms with Gasteiger partial charge in [-0.1, -0.05) is 43.0 Å². The summed E-state index contributed by atoms with van der Waals surface area (Å²) < 4.78 is 56.3. The molecular weight excluding hydrogens is 640 g/mol. The Bertz CT molecular complexity index is 1890. The number of anilines is 1. The van der Waals surface area contributed by atoms with Crippen LogP contribution in [0.4, 0.5) is 23.4 Å². The molecule has 3 aromatic carbocycles. The van der Waals surface area contributed by atoms with Crippen molar-refractivity contribution >= 4 is 23.5 Å². The highest BCUT2D eigenvalue weighted by Gasteiger charge is 2.46.